The zero-order valence-corrected chi connectivity index (χ0v) is 16.5. The van der Waals surface area contributed by atoms with Crippen LogP contribution in [0.2, 0.25) is 0 Å². The van der Waals surface area contributed by atoms with E-state index in [1.165, 1.54) is 23.5 Å². The van der Waals surface area contributed by atoms with Crippen LogP contribution in [0.1, 0.15) is 18.4 Å². The summed E-state index contributed by atoms with van der Waals surface area (Å²) in [6, 6.07) is 7.79. The van der Waals surface area contributed by atoms with Crippen LogP contribution in [0.5, 0.6) is 5.75 Å². The molecule has 0 amide bonds. The van der Waals surface area contributed by atoms with Crippen LogP contribution in [0.15, 0.2) is 47.6 Å². The topological polar surface area (TPSA) is 106 Å². The van der Waals surface area contributed by atoms with E-state index in [1.807, 2.05) is 0 Å². The first-order chi connectivity index (χ1) is 12.8. The average Bonchev–Trinajstić information content (AvgIpc) is 2.66. The van der Waals surface area contributed by atoms with Crippen LogP contribution in [0, 0.1) is 0 Å². The number of rotatable bonds is 6. The molecule has 1 saturated heterocycles. The van der Waals surface area contributed by atoms with E-state index in [-0.39, 0.29) is 22.9 Å². The molecule has 0 saturated carbocycles. The van der Waals surface area contributed by atoms with Gasteiger partial charge in [-0.25, -0.2) is 21.6 Å². The summed E-state index contributed by atoms with van der Waals surface area (Å²) in [4.78, 5) is 3.79. The van der Waals surface area contributed by atoms with Crippen LogP contribution in [0.4, 0.5) is 5.69 Å². The molecule has 146 valence electrons. The maximum atomic E-state index is 12.8. The molecule has 2 aromatic rings. The molecule has 1 aliphatic rings. The Morgan fingerprint density at radius 1 is 1.19 bits per heavy atom. The molecule has 27 heavy (non-hydrogen) atoms. The molecule has 3 rings (SSSR count). The SMILES string of the molecule is COc1ccc(N2CCCCS2(=O)=O)cc1S(=O)(=O)NCc1ccncc1. The molecule has 0 aliphatic carbocycles. The lowest BCUT2D eigenvalue weighted by atomic mass is 10.2. The molecule has 1 aliphatic heterocycles. The maximum Gasteiger partial charge on any atom is 0.244 e. The predicted molar refractivity (Wildman–Crippen MR) is 102 cm³/mol. The lowest BCUT2D eigenvalue weighted by molar-refractivity contribution is 0.402. The Bertz CT molecular complexity index is 1010. The molecule has 1 fully saturated rings. The van der Waals surface area contributed by atoms with Crippen LogP contribution < -0.4 is 13.8 Å². The molecule has 1 N–H and O–H groups in total. The summed E-state index contributed by atoms with van der Waals surface area (Å²) in [5, 5.41) is 0. The number of nitrogens with one attached hydrogen (secondary N) is 1. The van der Waals surface area contributed by atoms with Crippen LogP contribution in [0.3, 0.4) is 0 Å². The van der Waals surface area contributed by atoms with Gasteiger partial charge in [-0.3, -0.25) is 9.29 Å². The molecule has 0 unspecified atom stereocenters. The number of aromatic nitrogens is 1. The van der Waals surface area contributed by atoms with E-state index >= 15 is 0 Å². The fourth-order valence-electron chi connectivity index (χ4n) is 2.87. The second-order valence-electron chi connectivity index (χ2n) is 6.11. The van der Waals surface area contributed by atoms with Gasteiger partial charge in [-0.2, -0.15) is 0 Å². The largest absolute Gasteiger partial charge is 0.495 e. The van der Waals surface area contributed by atoms with Crippen molar-refractivity contribution in [3.8, 4) is 5.75 Å². The molecule has 0 radical (unpaired) electrons. The van der Waals surface area contributed by atoms with E-state index in [4.69, 9.17) is 4.74 Å². The second-order valence-corrected chi connectivity index (χ2v) is 9.86. The number of methoxy groups -OCH3 is 1. The van der Waals surface area contributed by atoms with E-state index < -0.39 is 20.0 Å². The highest BCUT2D eigenvalue weighted by molar-refractivity contribution is 7.92. The van der Waals surface area contributed by atoms with Crippen molar-refractivity contribution in [3.05, 3.63) is 48.3 Å². The number of hydrogen-bond donors (Lipinski definition) is 1. The minimum atomic E-state index is -3.92. The summed E-state index contributed by atoms with van der Waals surface area (Å²) in [5.74, 6) is 0.205. The van der Waals surface area contributed by atoms with Gasteiger partial charge in [0.1, 0.15) is 10.6 Å². The first kappa shape index (κ1) is 19.6. The Hall–Kier alpha value is -2.17. The van der Waals surface area contributed by atoms with Gasteiger partial charge in [-0.1, -0.05) is 0 Å². The van der Waals surface area contributed by atoms with Gasteiger partial charge in [0.05, 0.1) is 18.6 Å². The monoisotopic (exact) mass is 411 g/mol. The Kier molecular flexibility index (Phi) is 5.68. The number of sulfonamides is 2. The minimum absolute atomic E-state index is 0.0569. The fourth-order valence-corrected chi connectivity index (χ4v) is 5.70. The van der Waals surface area contributed by atoms with Crippen LogP contribution in [-0.2, 0) is 26.6 Å². The maximum absolute atomic E-state index is 12.8. The van der Waals surface area contributed by atoms with Crippen LogP contribution in [-0.4, -0.2) is 41.2 Å². The standard InChI is InChI=1S/C17H21N3O5S2/c1-25-16-5-4-15(20-10-2-3-11-26(20,21)22)12-17(16)27(23,24)19-13-14-6-8-18-9-7-14/h4-9,12,19H,2-3,10-11,13H2,1H3. The van der Waals surface area contributed by atoms with Crippen molar-refractivity contribution in [1.82, 2.24) is 9.71 Å². The lowest BCUT2D eigenvalue weighted by Gasteiger charge is -2.28. The highest BCUT2D eigenvalue weighted by atomic mass is 32.2. The molecule has 0 bridgehead atoms. The van der Waals surface area contributed by atoms with Crippen molar-refractivity contribution in [2.75, 3.05) is 23.7 Å². The van der Waals surface area contributed by atoms with Crippen molar-refractivity contribution in [3.63, 3.8) is 0 Å². The first-order valence-corrected chi connectivity index (χ1v) is 11.5. The van der Waals surface area contributed by atoms with Crippen LogP contribution >= 0.6 is 0 Å². The molecule has 0 atom stereocenters. The number of ether oxygens (including phenoxy) is 1. The van der Waals surface area contributed by atoms with Gasteiger partial charge in [-0.15, -0.1) is 0 Å². The van der Waals surface area contributed by atoms with Gasteiger partial charge in [0.2, 0.25) is 20.0 Å². The summed E-state index contributed by atoms with van der Waals surface area (Å²) in [6.45, 7) is 0.416. The van der Waals surface area contributed by atoms with Crippen molar-refractivity contribution < 1.29 is 21.6 Å². The summed E-state index contributed by atoms with van der Waals surface area (Å²) in [6.07, 6.45) is 4.49. The number of nitrogens with zero attached hydrogens (tertiary/aromatic N) is 2. The summed E-state index contributed by atoms with van der Waals surface area (Å²) >= 11 is 0. The Morgan fingerprint density at radius 2 is 1.93 bits per heavy atom. The fraction of sp³-hybridized carbons (Fsp3) is 0.353. The number of pyridine rings is 1. The van der Waals surface area contributed by atoms with E-state index in [0.717, 1.165) is 12.0 Å². The van der Waals surface area contributed by atoms with Gasteiger partial charge in [-0.05, 0) is 48.7 Å². The van der Waals surface area contributed by atoms with Crippen molar-refractivity contribution in [2.24, 2.45) is 0 Å². The lowest BCUT2D eigenvalue weighted by Crippen LogP contribution is -2.38. The predicted octanol–water partition coefficient (Wildman–Crippen LogP) is 1.50. The van der Waals surface area contributed by atoms with Gasteiger partial charge < -0.3 is 4.74 Å². The molecule has 2 heterocycles. The third-order valence-corrected chi connectivity index (χ3v) is 7.58. The van der Waals surface area contributed by atoms with Gasteiger partial charge in [0, 0.05) is 25.5 Å². The molecular formula is C17H21N3O5S2. The highest BCUT2D eigenvalue weighted by Crippen LogP contribution is 2.31. The normalized spacial score (nSPS) is 16.9. The third kappa shape index (κ3) is 4.40. The molecule has 8 nitrogen and oxygen atoms in total. The summed E-state index contributed by atoms with van der Waals surface area (Å²) in [5.41, 5.74) is 1.07. The molecule has 1 aromatic heterocycles. The van der Waals surface area contributed by atoms with Crippen molar-refractivity contribution >= 4 is 25.7 Å². The number of benzene rings is 1. The Morgan fingerprint density at radius 3 is 2.59 bits per heavy atom. The summed E-state index contributed by atoms with van der Waals surface area (Å²) in [7, 11) is -5.99. The van der Waals surface area contributed by atoms with Gasteiger partial charge >= 0.3 is 0 Å². The molecule has 0 spiro atoms. The van der Waals surface area contributed by atoms with E-state index in [2.05, 4.69) is 9.71 Å². The number of hydrogen-bond acceptors (Lipinski definition) is 6. The smallest absolute Gasteiger partial charge is 0.244 e. The average molecular weight is 412 g/mol. The van der Waals surface area contributed by atoms with E-state index in [1.54, 1.807) is 30.6 Å². The van der Waals surface area contributed by atoms with Gasteiger partial charge in [0.25, 0.3) is 0 Å². The summed E-state index contributed by atoms with van der Waals surface area (Å²) < 4.78 is 59.2. The number of anilines is 1. The molecular weight excluding hydrogens is 390 g/mol. The van der Waals surface area contributed by atoms with Crippen molar-refractivity contribution in [2.45, 2.75) is 24.3 Å². The Balaban J connectivity index is 1.93. The zero-order valence-electron chi connectivity index (χ0n) is 14.8. The van der Waals surface area contributed by atoms with Crippen LogP contribution in [0.25, 0.3) is 0 Å². The minimum Gasteiger partial charge on any atom is -0.495 e. The molecule has 1 aromatic carbocycles. The van der Waals surface area contributed by atoms with E-state index in [9.17, 15) is 16.8 Å². The van der Waals surface area contributed by atoms with E-state index in [0.29, 0.717) is 18.7 Å². The van der Waals surface area contributed by atoms with Gasteiger partial charge in [0.15, 0.2) is 0 Å². The highest BCUT2D eigenvalue weighted by Gasteiger charge is 2.28. The Labute approximate surface area is 159 Å². The molecule has 10 heteroatoms. The quantitative estimate of drug-likeness (QED) is 0.772. The van der Waals surface area contributed by atoms with Crippen molar-refractivity contribution in [1.29, 1.82) is 0 Å². The first-order valence-electron chi connectivity index (χ1n) is 8.40. The second kappa shape index (κ2) is 7.83. The zero-order chi connectivity index (χ0) is 19.5. The third-order valence-electron chi connectivity index (χ3n) is 4.29.